The topological polar surface area (TPSA) is 69.8 Å². The molecule has 26 heavy (non-hydrogen) atoms. The standard InChI is InChI=1S/C18H13ClN4O2S/c1-10(2)23-14-8-7-13-16(21-26-20-13)17(14)22(18(23)25)9-15(24)11-3-5-12(19)6-4-11/h3-8H,1,9H2,2H3. The number of halogens is 1. The SMILES string of the molecule is C=C(C)n1c(=O)n(CC(=O)c2ccc(Cl)cc2)c2c3nsnc3ccc21. The number of ketones is 1. The van der Waals surface area contributed by atoms with Gasteiger partial charge in [-0.3, -0.25) is 13.9 Å². The normalized spacial score (nSPS) is 11.3. The lowest BCUT2D eigenvalue weighted by Gasteiger charge is -2.04. The molecule has 0 saturated carbocycles. The number of allylic oxidation sites excluding steroid dienone is 1. The highest BCUT2D eigenvalue weighted by molar-refractivity contribution is 7.00. The molecule has 0 radical (unpaired) electrons. The van der Waals surface area contributed by atoms with Crippen LogP contribution in [0.15, 0.2) is 47.8 Å². The number of nitrogens with zero attached hydrogens (tertiary/aromatic N) is 4. The van der Waals surface area contributed by atoms with E-state index >= 15 is 0 Å². The minimum atomic E-state index is -0.324. The van der Waals surface area contributed by atoms with Gasteiger partial charge in [0.1, 0.15) is 11.0 Å². The number of imidazole rings is 1. The molecule has 0 saturated heterocycles. The van der Waals surface area contributed by atoms with Gasteiger partial charge < -0.3 is 0 Å². The second-order valence-electron chi connectivity index (χ2n) is 5.93. The largest absolute Gasteiger partial charge is 0.333 e. The molecular formula is C18H13ClN4O2S. The van der Waals surface area contributed by atoms with Gasteiger partial charge in [-0.15, -0.1) is 0 Å². The first-order valence-corrected chi connectivity index (χ1v) is 8.89. The van der Waals surface area contributed by atoms with Crippen LogP contribution in [0.2, 0.25) is 5.02 Å². The van der Waals surface area contributed by atoms with Crippen LogP contribution in [0.4, 0.5) is 0 Å². The first-order chi connectivity index (χ1) is 12.5. The van der Waals surface area contributed by atoms with E-state index in [4.69, 9.17) is 11.6 Å². The van der Waals surface area contributed by atoms with E-state index in [1.165, 1.54) is 9.13 Å². The molecule has 2 aromatic carbocycles. The number of aromatic nitrogens is 4. The molecule has 6 nitrogen and oxygen atoms in total. The number of hydrogen-bond acceptors (Lipinski definition) is 5. The van der Waals surface area contributed by atoms with E-state index in [9.17, 15) is 9.59 Å². The Balaban J connectivity index is 1.93. The number of hydrogen-bond donors (Lipinski definition) is 0. The predicted molar refractivity (Wildman–Crippen MR) is 104 cm³/mol. The summed E-state index contributed by atoms with van der Waals surface area (Å²) in [6, 6.07) is 10.2. The van der Waals surface area contributed by atoms with Crippen molar-refractivity contribution < 1.29 is 4.79 Å². The van der Waals surface area contributed by atoms with Gasteiger partial charge in [0, 0.05) is 16.3 Å². The van der Waals surface area contributed by atoms with Crippen molar-refractivity contribution >= 4 is 56.9 Å². The van der Waals surface area contributed by atoms with Crippen LogP contribution in [0.3, 0.4) is 0 Å². The molecule has 0 N–H and O–H groups in total. The van der Waals surface area contributed by atoms with E-state index in [0.717, 1.165) is 11.7 Å². The number of carbonyl (C=O) groups is 1. The molecule has 8 heteroatoms. The number of fused-ring (bicyclic) bond motifs is 3. The van der Waals surface area contributed by atoms with Crippen molar-refractivity contribution in [3.05, 3.63) is 64.0 Å². The van der Waals surface area contributed by atoms with Crippen LogP contribution < -0.4 is 5.69 Å². The molecule has 4 rings (SSSR count). The first-order valence-electron chi connectivity index (χ1n) is 7.78. The maximum atomic E-state index is 13.0. The van der Waals surface area contributed by atoms with Crippen LogP contribution in [0, 0.1) is 0 Å². The third-order valence-corrected chi connectivity index (χ3v) is 4.96. The molecule has 0 bridgehead atoms. The van der Waals surface area contributed by atoms with Gasteiger partial charge in [0.15, 0.2) is 5.78 Å². The molecular weight excluding hydrogens is 372 g/mol. The van der Waals surface area contributed by atoms with E-state index in [1.807, 2.05) is 6.07 Å². The van der Waals surface area contributed by atoms with Gasteiger partial charge in [-0.25, -0.2) is 4.79 Å². The van der Waals surface area contributed by atoms with Crippen molar-refractivity contribution in [1.29, 1.82) is 0 Å². The Labute approximate surface area is 157 Å². The smallest absolute Gasteiger partial charge is 0.292 e. The van der Waals surface area contributed by atoms with Crippen molar-refractivity contribution in [2.75, 3.05) is 0 Å². The Bertz CT molecular complexity index is 1230. The molecule has 0 fully saturated rings. The lowest BCUT2D eigenvalue weighted by Crippen LogP contribution is -2.26. The van der Waals surface area contributed by atoms with Crippen LogP contribution in [-0.4, -0.2) is 23.7 Å². The number of rotatable bonds is 4. The summed E-state index contributed by atoms with van der Waals surface area (Å²) >= 11 is 6.95. The van der Waals surface area contributed by atoms with Crippen molar-refractivity contribution in [2.45, 2.75) is 13.5 Å². The lowest BCUT2D eigenvalue weighted by molar-refractivity contribution is 0.0972. The third kappa shape index (κ3) is 2.56. The molecule has 2 aromatic heterocycles. The zero-order valence-corrected chi connectivity index (χ0v) is 15.3. The molecule has 0 atom stereocenters. The molecule has 0 aliphatic carbocycles. The van der Waals surface area contributed by atoms with Gasteiger partial charge in [-0.05, 0) is 43.3 Å². The number of carbonyl (C=O) groups excluding carboxylic acids is 1. The molecule has 2 heterocycles. The predicted octanol–water partition coefficient (Wildman–Crippen LogP) is 3.83. The highest BCUT2D eigenvalue weighted by atomic mass is 35.5. The van der Waals surface area contributed by atoms with Crippen molar-refractivity contribution in [1.82, 2.24) is 17.9 Å². The fraction of sp³-hybridized carbons (Fsp3) is 0.111. The summed E-state index contributed by atoms with van der Waals surface area (Å²) in [6.07, 6.45) is 0. The number of Topliss-reactive ketones (excluding diaryl/α,β-unsaturated/α-hetero) is 1. The fourth-order valence-electron chi connectivity index (χ4n) is 2.98. The lowest BCUT2D eigenvalue weighted by atomic mass is 10.1. The Morgan fingerprint density at radius 3 is 2.62 bits per heavy atom. The second kappa shape index (κ2) is 6.19. The van der Waals surface area contributed by atoms with Crippen LogP contribution >= 0.6 is 23.3 Å². The Kier molecular flexibility index (Phi) is 3.97. The minimum absolute atomic E-state index is 0.103. The summed E-state index contributed by atoms with van der Waals surface area (Å²) in [6.45, 7) is 5.52. The van der Waals surface area contributed by atoms with Gasteiger partial charge in [-0.2, -0.15) is 8.75 Å². The van der Waals surface area contributed by atoms with Gasteiger partial charge in [0.05, 0.1) is 29.3 Å². The zero-order chi connectivity index (χ0) is 18.4. The van der Waals surface area contributed by atoms with Gasteiger partial charge >= 0.3 is 5.69 Å². The van der Waals surface area contributed by atoms with Gasteiger partial charge in [0.25, 0.3) is 0 Å². The van der Waals surface area contributed by atoms with Crippen LogP contribution in [0.1, 0.15) is 17.3 Å². The summed E-state index contributed by atoms with van der Waals surface area (Å²) in [7, 11) is 0. The summed E-state index contributed by atoms with van der Waals surface area (Å²) in [5.74, 6) is -0.190. The van der Waals surface area contributed by atoms with Crippen molar-refractivity contribution in [3.63, 3.8) is 0 Å². The summed E-state index contributed by atoms with van der Waals surface area (Å²) in [5.41, 5.74) is 3.28. The monoisotopic (exact) mass is 384 g/mol. The molecule has 0 aliphatic heterocycles. The highest BCUT2D eigenvalue weighted by Gasteiger charge is 2.20. The quantitative estimate of drug-likeness (QED) is 0.501. The molecule has 4 aromatic rings. The van der Waals surface area contributed by atoms with Crippen LogP contribution in [0.25, 0.3) is 27.8 Å². The average Bonchev–Trinajstić information content (AvgIpc) is 3.18. The molecule has 0 spiro atoms. The third-order valence-electron chi connectivity index (χ3n) is 4.16. The summed E-state index contributed by atoms with van der Waals surface area (Å²) in [5, 5.41) is 0.549. The van der Waals surface area contributed by atoms with Gasteiger partial charge in [0.2, 0.25) is 0 Å². The van der Waals surface area contributed by atoms with Crippen LogP contribution in [-0.2, 0) is 6.54 Å². The summed E-state index contributed by atoms with van der Waals surface area (Å²) in [4.78, 5) is 25.7. The molecule has 0 unspecified atom stereocenters. The van der Waals surface area contributed by atoms with E-state index in [-0.39, 0.29) is 18.0 Å². The van der Waals surface area contributed by atoms with Crippen LogP contribution in [0.5, 0.6) is 0 Å². The van der Waals surface area contributed by atoms with E-state index in [2.05, 4.69) is 15.3 Å². The Morgan fingerprint density at radius 1 is 1.19 bits per heavy atom. The molecule has 0 aliphatic rings. The van der Waals surface area contributed by atoms with Crippen molar-refractivity contribution in [2.24, 2.45) is 0 Å². The number of benzene rings is 2. The molecule has 130 valence electrons. The molecule has 0 amide bonds. The van der Waals surface area contributed by atoms with Crippen molar-refractivity contribution in [3.8, 4) is 0 Å². The Hall–Kier alpha value is -2.77. The average molecular weight is 385 g/mol. The maximum absolute atomic E-state index is 13.0. The fourth-order valence-corrected chi connectivity index (χ4v) is 3.64. The summed E-state index contributed by atoms with van der Waals surface area (Å²) < 4.78 is 11.5. The minimum Gasteiger partial charge on any atom is -0.292 e. The second-order valence-corrected chi connectivity index (χ2v) is 6.90. The zero-order valence-electron chi connectivity index (χ0n) is 13.8. The highest BCUT2D eigenvalue weighted by Crippen LogP contribution is 2.25. The Morgan fingerprint density at radius 2 is 1.92 bits per heavy atom. The van der Waals surface area contributed by atoms with E-state index < -0.39 is 0 Å². The van der Waals surface area contributed by atoms with E-state index in [1.54, 1.807) is 37.3 Å². The van der Waals surface area contributed by atoms with E-state index in [0.29, 0.717) is 38.3 Å². The first kappa shape index (κ1) is 16.7. The van der Waals surface area contributed by atoms with Gasteiger partial charge in [-0.1, -0.05) is 18.2 Å². The maximum Gasteiger partial charge on any atom is 0.333 e.